The van der Waals surface area contributed by atoms with Gasteiger partial charge in [0.25, 0.3) is 0 Å². The summed E-state index contributed by atoms with van der Waals surface area (Å²) in [5.74, 6) is -1.13. The van der Waals surface area contributed by atoms with Gasteiger partial charge in [0.05, 0.1) is 5.92 Å². The number of carboxylic acids is 1. The van der Waals surface area contributed by atoms with Gasteiger partial charge in [-0.25, -0.2) is 4.79 Å². The molecule has 0 radical (unpaired) electrons. The average Bonchev–Trinajstić information content (AvgIpc) is 2.50. The Hall–Kier alpha value is -2.04. The van der Waals surface area contributed by atoms with Crippen LogP contribution in [-0.4, -0.2) is 23.7 Å². The van der Waals surface area contributed by atoms with Crippen molar-refractivity contribution in [3.05, 3.63) is 35.9 Å². The highest BCUT2D eigenvalue weighted by Gasteiger charge is 2.21. The second kappa shape index (κ2) is 9.82. The zero-order valence-electron chi connectivity index (χ0n) is 13.2. The van der Waals surface area contributed by atoms with Gasteiger partial charge < -0.3 is 15.2 Å². The van der Waals surface area contributed by atoms with Crippen molar-refractivity contribution in [1.82, 2.24) is 5.32 Å². The fraction of sp³-hybridized carbons (Fsp3) is 0.529. The van der Waals surface area contributed by atoms with Gasteiger partial charge in [0, 0.05) is 6.54 Å². The molecule has 122 valence electrons. The lowest BCUT2D eigenvalue weighted by Crippen LogP contribution is -2.34. The van der Waals surface area contributed by atoms with Crippen LogP contribution < -0.4 is 5.32 Å². The molecule has 0 aliphatic heterocycles. The van der Waals surface area contributed by atoms with Gasteiger partial charge in [-0.15, -0.1) is 0 Å². The van der Waals surface area contributed by atoms with Crippen molar-refractivity contribution in [2.45, 2.75) is 39.7 Å². The Morgan fingerprint density at radius 3 is 2.55 bits per heavy atom. The van der Waals surface area contributed by atoms with E-state index in [2.05, 4.69) is 12.2 Å². The molecule has 0 aliphatic carbocycles. The van der Waals surface area contributed by atoms with Crippen LogP contribution in [0.1, 0.15) is 38.7 Å². The van der Waals surface area contributed by atoms with Gasteiger partial charge in [0.1, 0.15) is 6.61 Å². The highest BCUT2D eigenvalue weighted by atomic mass is 16.5. The zero-order chi connectivity index (χ0) is 16.4. The molecule has 5 heteroatoms. The van der Waals surface area contributed by atoms with E-state index in [4.69, 9.17) is 4.74 Å². The summed E-state index contributed by atoms with van der Waals surface area (Å²) in [5, 5.41) is 11.8. The summed E-state index contributed by atoms with van der Waals surface area (Å²) in [5.41, 5.74) is 0.893. The second-order valence-corrected chi connectivity index (χ2v) is 5.61. The fourth-order valence-corrected chi connectivity index (χ4v) is 2.35. The number of ether oxygens (including phenoxy) is 1. The average molecular weight is 307 g/mol. The predicted molar refractivity (Wildman–Crippen MR) is 84.4 cm³/mol. The van der Waals surface area contributed by atoms with E-state index < -0.39 is 18.0 Å². The molecule has 22 heavy (non-hydrogen) atoms. The first-order valence-electron chi connectivity index (χ1n) is 7.70. The van der Waals surface area contributed by atoms with Crippen LogP contribution in [0.4, 0.5) is 4.79 Å². The van der Waals surface area contributed by atoms with Gasteiger partial charge in [0.2, 0.25) is 0 Å². The number of carbonyl (C=O) groups is 2. The Kier molecular flexibility index (Phi) is 8.04. The van der Waals surface area contributed by atoms with E-state index in [0.29, 0.717) is 12.3 Å². The number of benzene rings is 1. The van der Waals surface area contributed by atoms with E-state index in [-0.39, 0.29) is 13.2 Å². The van der Waals surface area contributed by atoms with Gasteiger partial charge in [-0.05, 0) is 17.9 Å². The number of hydrogen-bond donors (Lipinski definition) is 2. The summed E-state index contributed by atoms with van der Waals surface area (Å²) in [7, 11) is 0. The molecular weight excluding hydrogens is 282 g/mol. The highest BCUT2D eigenvalue weighted by Crippen LogP contribution is 2.17. The summed E-state index contributed by atoms with van der Waals surface area (Å²) < 4.78 is 5.07. The van der Waals surface area contributed by atoms with E-state index in [1.165, 1.54) is 0 Å². The van der Waals surface area contributed by atoms with Crippen molar-refractivity contribution >= 4 is 12.1 Å². The van der Waals surface area contributed by atoms with Crippen LogP contribution in [0.3, 0.4) is 0 Å². The van der Waals surface area contributed by atoms with E-state index in [1.807, 2.05) is 37.3 Å². The summed E-state index contributed by atoms with van der Waals surface area (Å²) in [6.07, 6.45) is 1.99. The van der Waals surface area contributed by atoms with Crippen molar-refractivity contribution in [2.75, 3.05) is 6.54 Å². The number of aliphatic carboxylic acids is 1. The number of amides is 1. The molecule has 0 saturated heterocycles. The van der Waals surface area contributed by atoms with Crippen molar-refractivity contribution in [2.24, 2.45) is 11.8 Å². The van der Waals surface area contributed by atoms with Crippen molar-refractivity contribution in [3.8, 4) is 0 Å². The number of rotatable bonds is 9. The van der Waals surface area contributed by atoms with Crippen molar-refractivity contribution in [1.29, 1.82) is 0 Å². The Balaban J connectivity index is 2.34. The second-order valence-electron chi connectivity index (χ2n) is 5.61. The predicted octanol–water partition coefficient (Wildman–Crippen LogP) is 3.44. The van der Waals surface area contributed by atoms with Gasteiger partial charge >= 0.3 is 12.1 Å². The van der Waals surface area contributed by atoms with Gasteiger partial charge in [0.15, 0.2) is 0 Å². The summed E-state index contributed by atoms with van der Waals surface area (Å²) >= 11 is 0. The van der Waals surface area contributed by atoms with Gasteiger partial charge in [-0.1, -0.05) is 57.0 Å². The van der Waals surface area contributed by atoms with Crippen LogP contribution >= 0.6 is 0 Å². The van der Waals surface area contributed by atoms with Crippen molar-refractivity contribution in [3.63, 3.8) is 0 Å². The molecule has 0 fully saturated rings. The first kappa shape index (κ1) is 18.0. The number of nitrogens with one attached hydrogen (secondary N) is 1. The largest absolute Gasteiger partial charge is 0.481 e. The van der Waals surface area contributed by atoms with E-state index >= 15 is 0 Å². The standard InChI is InChI=1S/C17H25NO4/c1-3-7-13(2)10-15(16(19)20)11-18-17(21)22-12-14-8-5-4-6-9-14/h4-6,8-9,13,15H,3,7,10-12H2,1-2H3,(H,18,21)(H,19,20)/t13-,15-/m1/s1. The van der Waals surface area contributed by atoms with Crippen molar-refractivity contribution < 1.29 is 19.4 Å². The molecule has 0 aliphatic rings. The third-order valence-corrected chi connectivity index (χ3v) is 3.52. The van der Waals surface area contributed by atoms with Gasteiger partial charge in [-0.3, -0.25) is 4.79 Å². The molecule has 0 saturated carbocycles. The Bertz CT molecular complexity index is 461. The quantitative estimate of drug-likeness (QED) is 0.732. The number of alkyl carbamates (subject to hydrolysis) is 1. The maximum absolute atomic E-state index is 11.6. The molecule has 1 aromatic carbocycles. The molecule has 0 bridgehead atoms. The Labute approximate surface area is 131 Å². The van der Waals surface area contributed by atoms with Crippen LogP contribution in [0.2, 0.25) is 0 Å². The molecule has 0 spiro atoms. The molecule has 1 aromatic rings. The molecule has 2 N–H and O–H groups in total. The van der Waals surface area contributed by atoms with Crippen LogP contribution in [0.5, 0.6) is 0 Å². The molecule has 2 atom stereocenters. The molecule has 1 rings (SSSR count). The fourth-order valence-electron chi connectivity index (χ4n) is 2.35. The normalized spacial score (nSPS) is 13.2. The van der Waals surface area contributed by atoms with Crippen LogP contribution in [0.25, 0.3) is 0 Å². The highest BCUT2D eigenvalue weighted by molar-refractivity contribution is 5.72. The SMILES string of the molecule is CCC[C@@H](C)C[C@H](CNC(=O)OCc1ccccc1)C(=O)O. The lowest BCUT2D eigenvalue weighted by molar-refractivity contribution is -0.142. The Morgan fingerprint density at radius 2 is 1.95 bits per heavy atom. The zero-order valence-corrected chi connectivity index (χ0v) is 13.2. The number of carboxylic acid groups (broad SMARTS) is 1. The molecule has 5 nitrogen and oxygen atoms in total. The maximum Gasteiger partial charge on any atom is 0.407 e. The first-order valence-corrected chi connectivity index (χ1v) is 7.70. The molecule has 0 aromatic heterocycles. The van der Waals surface area contributed by atoms with Crippen LogP contribution in [0.15, 0.2) is 30.3 Å². The topological polar surface area (TPSA) is 75.6 Å². The van der Waals surface area contributed by atoms with Gasteiger partial charge in [-0.2, -0.15) is 0 Å². The number of carbonyl (C=O) groups excluding carboxylic acids is 1. The van der Waals surface area contributed by atoms with Crippen LogP contribution in [-0.2, 0) is 16.1 Å². The summed E-state index contributed by atoms with van der Waals surface area (Å²) in [6, 6.07) is 9.34. The third kappa shape index (κ3) is 7.11. The smallest absolute Gasteiger partial charge is 0.407 e. The maximum atomic E-state index is 11.6. The summed E-state index contributed by atoms with van der Waals surface area (Å²) in [4.78, 5) is 22.9. The minimum absolute atomic E-state index is 0.0943. The molecule has 0 heterocycles. The molecule has 1 amide bonds. The monoisotopic (exact) mass is 307 g/mol. The molecular formula is C17H25NO4. The lowest BCUT2D eigenvalue weighted by Gasteiger charge is -2.17. The first-order chi connectivity index (χ1) is 10.5. The Morgan fingerprint density at radius 1 is 1.27 bits per heavy atom. The lowest BCUT2D eigenvalue weighted by atomic mass is 9.92. The minimum Gasteiger partial charge on any atom is -0.481 e. The van der Waals surface area contributed by atoms with E-state index in [9.17, 15) is 14.7 Å². The minimum atomic E-state index is -0.883. The molecule has 0 unspecified atom stereocenters. The van der Waals surface area contributed by atoms with E-state index in [0.717, 1.165) is 18.4 Å². The van der Waals surface area contributed by atoms with E-state index in [1.54, 1.807) is 0 Å². The van der Waals surface area contributed by atoms with Crippen LogP contribution in [0, 0.1) is 11.8 Å². The summed E-state index contributed by atoms with van der Waals surface area (Å²) in [6.45, 7) is 4.38. The third-order valence-electron chi connectivity index (χ3n) is 3.52. The number of hydrogen-bond acceptors (Lipinski definition) is 3.